The molecule has 5 heteroatoms. The molecule has 1 saturated carbocycles. The lowest BCUT2D eigenvalue weighted by Crippen LogP contribution is -2.42. The van der Waals surface area contributed by atoms with Crippen LogP contribution in [0.2, 0.25) is 0 Å². The van der Waals surface area contributed by atoms with E-state index in [1.165, 1.54) is 12.8 Å². The summed E-state index contributed by atoms with van der Waals surface area (Å²) in [5.74, 6) is -0.718. The van der Waals surface area contributed by atoms with Crippen molar-refractivity contribution in [2.75, 3.05) is 0 Å². The van der Waals surface area contributed by atoms with Crippen LogP contribution in [-0.2, 0) is 16.0 Å². The average molecular weight is 354 g/mol. The van der Waals surface area contributed by atoms with Crippen molar-refractivity contribution in [3.63, 3.8) is 0 Å². The molecule has 1 aromatic rings. The van der Waals surface area contributed by atoms with Gasteiger partial charge in [0.15, 0.2) is 0 Å². The number of carboxylic acids is 1. The monoisotopic (exact) mass is 353 g/mol. The minimum absolute atomic E-state index is 0.149. The lowest BCUT2D eigenvalue weighted by atomic mass is 10.0. The molecule has 0 unspecified atom stereocenters. The molecule has 2 N–H and O–H groups in total. The summed E-state index contributed by atoms with van der Waals surface area (Å²) in [6.45, 7) is 0. The predicted octanol–water partition coefficient (Wildman–Crippen LogP) is 3.14. The number of amides is 1. The van der Waals surface area contributed by atoms with Crippen LogP contribution in [0.4, 0.5) is 0 Å². The first-order valence-electron chi connectivity index (χ1n) is 7.31. The molecule has 1 amide bonds. The number of carboxylic acid groups (broad SMARTS) is 1. The minimum atomic E-state index is -0.991. The van der Waals surface area contributed by atoms with E-state index in [0.717, 1.165) is 22.9 Å². The molecule has 1 fully saturated rings. The van der Waals surface area contributed by atoms with E-state index >= 15 is 0 Å². The average Bonchev–Trinajstić information content (AvgIpc) is 2.90. The molecule has 0 bridgehead atoms. The maximum absolute atomic E-state index is 12.0. The number of hydrogen-bond donors (Lipinski definition) is 2. The van der Waals surface area contributed by atoms with E-state index in [-0.39, 0.29) is 5.91 Å². The Balaban J connectivity index is 1.92. The van der Waals surface area contributed by atoms with Crippen LogP contribution >= 0.6 is 15.9 Å². The Morgan fingerprint density at radius 1 is 1.33 bits per heavy atom. The van der Waals surface area contributed by atoms with E-state index in [1.54, 1.807) is 0 Å². The van der Waals surface area contributed by atoms with Gasteiger partial charge >= 0.3 is 5.97 Å². The van der Waals surface area contributed by atoms with Gasteiger partial charge in [0, 0.05) is 17.3 Å². The first kappa shape index (κ1) is 16.0. The number of carbonyl (C=O) groups excluding carboxylic acids is 1. The van der Waals surface area contributed by atoms with E-state index in [1.807, 2.05) is 24.3 Å². The summed E-state index contributed by atoms with van der Waals surface area (Å²) in [5.41, 5.74) is 0.887. The van der Waals surface area contributed by atoms with Gasteiger partial charge in [-0.25, -0.2) is 4.79 Å². The number of benzene rings is 1. The maximum atomic E-state index is 12.0. The van der Waals surface area contributed by atoms with Gasteiger partial charge in [-0.3, -0.25) is 4.79 Å². The molecule has 2 rings (SSSR count). The molecule has 21 heavy (non-hydrogen) atoms. The van der Waals surface area contributed by atoms with Gasteiger partial charge in [0.25, 0.3) is 0 Å². The second kappa shape index (κ2) is 7.59. The highest BCUT2D eigenvalue weighted by Gasteiger charge is 2.23. The lowest BCUT2D eigenvalue weighted by molar-refractivity contribution is -0.141. The Bertz CT molecular complexity index is 512. The summed E-state index contributed by atoms with van der Waals surface area (Å²) in [6.07, 6.45) is 5.26. The van der Waals surface area contributed by atoms with Crippen LogP contribution in [0.3, 0.4) is 0 Å². The highest BCUT2D eigenvalue weighted by molar-refractivity contribution is 9.10. The summed E-state index contributed by atoms with van der Waals surface area (Å²) in [6, 6.07) is 6.62. The van der Waals surface area contributed by atoms with Crippen molar-refractivity contribution in [1.82, 2.24) is 5.32 Å². The van der Waals surface area contributed by atoms with Crippen molar-refractivity contribution in [2.24, 2.45) is 5.92 Å². The number of nitrogens with one attached hydrogen (secondary N) is 1. The summed E-state index contributed by atoms with van der Waals surface area (Å²) in [4.78, 5) is 23.3. The van der Waals surface area contributed by atoms with Gasteiger partial charge in [0.2, 0.25) is 5.91 Å². The normalized spacial score (nSPS) is 16.6. The third-order valence-corrected chi connectivity index (χ3v) is 4.40. The number of halogens is 1. The zero-order valence-corrected chi connectivity index (χ0v) is 13.4. The number of carbonyl (C=O) groups is 2. The van der Waals surface area contributed by atoms with Crippen LogP contribution < -0.4 is 5.32 Å². The maximum Gasteiger partial charge on any atom is 0.326 e. The first-order valence-corrected chi connectivity index (χ1v) is 8.10. The quantitative estimate of drug-likeness (QED) is 0.825. The number of rotatable bonds is 6. The summed E-state index contributed by atoms with van der Waals surface area (Å²) < 4.78 is 0.904. The van der Waals surface area contributed by atoms with E-state index in [4.69, 9.17) is 0 Å². The van der Waals surface area contributed by atoms with E-state index in [2.05, 4.69) is 21.2 Å². The Kier molecular flexibility index (Phi) is 5.79. The van der Waals surface area contributed by atoms with Gasteiger partial charge in [-0.15, -0.1) is 0 Å². The van der Waals surface area contributed by atoms with Crippen LogP contribution in [0.25, 0.3) is 0 Å². The Morgan fingerprint density at radius 2 is 2.05 bits per heavy atom. The van der Waals surface area contributed by atoms with Crippen molar-refractivity contribution in [2.45, 2.75) is 44.6 Å². The fourth-order valence-corrected chi connectivity index (χ4v) is 3.28. The SMILES string of the molecule is O=C(CC1CCCC1)N[C@@H](Cc1cccc(Br)c1)C(=O)O. The zero-order chi connectivity index (χ0) is 15.2. The van der Waals surface area contributed by atoms with Crippen molar-refractivity contribution >= 4 is 27.8 Å². The van der Waals surface area contributed by atoms with Gasteiger partial charge < -0.3 is 10.4 Å². The molecular formula is C16H20BrNO3. The van der Waals surface area contributed by atoms with Crippen molar-refractivity contribution in [3.05, 3.63) is 34.3 Å². The molecule has 114 valence electrons. The number of aliphatic carboxylic acids is 1. The molecule has 1 aliphatic carbocycles. The third kappa shape index (κ3) is 5.16. The van der Waals surface area contributed by atoms with E-state index in [9.17, 15) is 14.7 Å². The summed E-state index contributed by atoms with van der Waals surface area (Å²) in [7, 11) is 0. The molecule has 1 aliphatic rings. The molecule has 1 aromatic carbocycles. The van der Waals surface area contributed by atoms with Gasteiger partial charge in [0.05, 0.1) is 0 Å². The minimum Gasteiger partial charge on any atom is -0.480 e. The molecule has 0 heterocycles. The smallest absolute Gasteiger partial charge is 0.326 e. The molecule has 0 aliphatic heterocycles. The summed E-state index contributed by atoms with van der Waals surface area (Å²) >= 11 is 3.36. The van der Waals surface area contributed by atoms with Crippen molar-refractivity contribution in [3.8, 4) is 0 Å². The van der Waals surface area contributed by atoms with Crippen molar-refractivity contribution < 1.29 is 14.7 Å². The molecule has 0 aromatic heterocycles. The van der Waals surface area contributed by atoms with Gasteiger partial charge in [0.1, 0.15) is 6.04 Å². The molecule has 0 saturated heterocycles. The van der Waals surface area contributed by atoms with Crippen LogP contribution in [0.5, 0.6) is 0 Å². The lowest BCUT2D eigenvalue weighted by Gasteiger charge is -2.16. The topological polar surface area (TPSA) is 66.4 Å². The van der Waals surface area contributed by atoms with Crippen LogP contribution in [0, 0.1) is 5.92 Å². The van der Waals surface area contributed by atoms with E-state index in [0.29, 0.717) is 18.8 Å². The first-order chi connectivity index (χ1) is 10.0. The van der Waals surface area contributed by atoms with Gasteiger partial charge in [-0.1, -0.05) is 40.9 Å². The zero-order valence-electron chi connectivity index (χ0n) is 11.8. The van der Waals surface area contributed by atoms with Gasteiger partial charge in [-0.2, -0.15) is 0 Å². The number of hydrogen-bond acceptors (Lipinski definition) is 2. The fraction of sp³-hybridized carbons (Fsp3) is 0.500. The van der Waals surface area contributed by atoms with Crippen molar-refractivity contribution in [1.29, 1.82) is 0 Å². The second-order valence-electron chi connectivity index (χ2n) is 5.65. The standard InChI is InChI=1S/C16H20BrNO3/c17-13-7-3-6-12(8-13)9-14(16(20)21)18-15(19)10-11-4-1-2-5-11/h3,6-8,11,14H,1-2,4-5,9-10H2,(H,18,19)(H,20,21)/t14-/m0/s1. The summed E-state index contributed by atoms with van der Waals surface area (Å²) in [5, 5.41) is 11.9. The predicted molar refractivity (Wildman–Crippen MR) is 84.0 cm³/mol. The Labute approximate surface area is 133 Å². The fourth-order valence-electron chi connectivity index (χ4n) is 2.83. The third-order valence-electron chi connectivity index (χ3n) is 3.91. The highest BCUT2D eigenvalue weighted by atomic mass is 79.9. The molecule has 1 atom stereocenters. The van der Waals surface area contributed by atoms with Crippen LogP contribution in [-0.4, -0.2) is 23.0 Å². The largest absolute Gasteiger partial charge is 0.480 e. The van der Waals surface area contributed by atoms with E-state index < -0.39 is 12.0 Å². The second-order valence-corrected chi connectivity index (χ2v) is 6.56. The highest BCUT2D eigenvalue weighted by Crippen LogP contribution is 2.27. The molecule has 4 nitrogen and oxygen atoms in total. The molecule has 0 spiro atoms. The Morgan fingerprint density at radius 3 is 2.67 bits per heavy atom. The Hall–Kier alpha value is -1.36. The molecule has 0 radical (unpaired) electrons. The van der Waals surface area contributed by atoms with Crippen LogP contribution in [0.15, 0.2) is 28.7 Å². The van der Waals surface area contributed by atoms with Gasteiger partial charge in [-0.05, 0) is 36.5 Å². The van der Waals surface area contributed by atoms with Crippen LogP contribution in [0.1, 0.15) is 37.7 Å². The molecular weight excluding hydrogens is 334 g/mol.